The van der Waals surface area contributed by atoms with Crippen LogP contribution in [0.2, 0.25) is 0 Å². The van der Waals surface area contributed by atoms with Gasteiger partial charge >= 0.3 is 5.97 Å². The van der Waals surface area contributed by atoms with Gasteiger partial charge in [-0.1, -0.05) is 84.6 Å². The van der Waals surface area contributed by atoms with Crippen molar-refractivity contribution in [1.29, 1.82) is 0 Å². The molecule has 204 valence electrons. The van der Waals surface area contributed by atoms with Gasteiger partial charge in [0.05, 0.1) is 11.3 Å². The lowest BCUT2D eigenvalue weighted by Gasteiger charge is -2.11. The zero-order valence-corrected chi connectivity index (χ0v) is 24.4. The maximum Gasteiger partial charge on any atom is 0.343 e. The Balaban J connectivity index is 1.48. The van der Waals surface area contributed by atoms with E-state index in [2.05, 4.69) is 32.9 Å². The van der Waals surface area contributed by atoms with Gasteiger partial charge in [-0.25, -0.2) is 4.79 Å². The molecule has 0 aliphatic rings. The van der Waals surface area contributed by atoms with E-state index in [0.717, 1.165) is 23.4 Å². The Kier molecular flexibility index (Phi) is 13.5. The Morgan fingerprint density at radius 1 is 0.789 bits per heavy atom. The lowest BCUT2D eigenvalue weighted by molar-refractivity contribution is 0.0734. The summed E-state index contributed by atoms with van der Waals surface area (Å²) in [5.41, 5.74) is 3.69. The third-order valence-electron chi connectivity index (χ3n) is 6.85. The number of rotatable bonds is 17. The number of hydrogen-bond donors (Lipinski definition) is 0. The molecule has 0 aliphatic heterocycles. The summed E-state index contributed by atoms with van der Waals surface area (Å²) in [5.74, 6) is 0.210. The largest absolute Gasteiger partial charge is 0.423 e. The normalized spacial score (nSPS) is 11.9. The first-order chi connectivity index (χ1) is 18.6. The van der Waals surface area contributed by atoms with Gasteiger partial charge in [0, 0.05) is 21.4 Å². The van der Waals surface area contributed by atoms with Crippen LogP contribution in [0.1, 0.15) is 107 Å². The van der Waals surface area contributed by atoms with Crippen LogP contribution in [-0.4, -0.2) is 16.2 Å². The van der Waals surface area contributed by atoms with Gasteiger partial charge in [-0.05, 0) is 79.9 Å². The first kappa shape index (κ1) is 30.0. The molecule has 38 heavy (non-hydrogen) atoms. The standard InChI is InChI=1S/C34H45NO2S/c1-4-6-8-10-11-13-16-30-17-14-18-33(35-30)28-19-23-31(24-20-28)37-34(36)29-21-25-32(26-22-29)38-27(3)15-12-9-7-5-2/h14,17-27H,4-13,15-16H2,1-3H3/t27-/m0/s1. The minimum Gasteiger partial charge on any atom is -0.423 e. The molecule has 3 nitrogen and oxygen atoms in total. The van der Waals surface area contributed by atoms with E-state index in [1.807, 2.05) is 66.4 Å². The van der Waals surface area contributed by atoms with Crippen molar-refractivity contribution >= 4 is 17.7 Å². The maximum atomic E-state index is 12.7. The van der Waals surface area contributed by atoms with Crippen LogP contribution in [0, 0.1) is 0 Å². The van der Waals surface area contributed by atoms with Crippen LogP contribution in [-0.2, 0) is 6.42 Å². The highest BCUT2D eigenvalue weighted by Crippen LogP contribution is 2.27. The fraction of sp³-hybridized carbons (Fsp3) is 0.471. The second-order valence-electron chi connectivity index (χ2n) is 10.2. The van der Waals surface area contributed by atoms with E-state index >= 15 is 0 Å². The summed E-state index contributed by atoms with van der Waals surface area (Å²) in [6, 6.07) is 21.7. The van der Waals surface area contributed by atoms with Crippen LogP contribution in [0.3, 0.4) is 0 Å². The minimum atomic E-state index is -0.332. The quantitative estimate of drug-likeness (QED) is 0.0751. The van der Waals surface area contributed by atoms with Gasteiger partial charge in [0.1, 0.15) is 5.75 Å². The number of aromatic nitrogens is 1. The van der Waals surface area contributed by atoms with Gasteiger partial charge in [0.15, 0.2) is 0 Å². The highest BCUT2D eigenvalue weighted by Gasteiger charge is 2.11. The van der Waals surface area contributed by atoms with Crippen molar-refractivity contribution in [3.8, 4) is 17.0 Å². The molecule has 0 saturated carbocycles. The molecule has 0 saturated heterocycles. The zero-order chi connectivity index (χ0) is 27.0. The zero-order valence-electron chi connectivity index (χ0n) is 23.6. The highest BCUT2D eigenvalue weighted by atomic mass is 32.2. The van der Waals surface area contributed by atoms with Crippen LogP contribution in [0.25, 0.3) is 11.3 Å². The Morgan fingerprint density at radius 2 is 1.45 bits per heavy atom. The van der Waals surface area contributed by atoms with Crippen molar-refractivity contribution in [2.75, 3.05) is 0 Å². The van der Waals surface area contributed by atoms with Crippen molar-refractivity contribution < 1.29 is 9.53 Å². The lowest BCUT2D eigenvalue weighted by Crippen LogP contribution is -2.08. The molecular weight excluding hydrogens is 486 g/mol. The molecule has 0 fully saturated rings. The highest BCUT2D eigenvalue weighted by molar-refractivity contribution is 7.99. The smallest absolute Gasteiger partial charge is 0.343 e. The topological polar surface area (TPSA) is 39.2 Å². The number of hydrogen-bond acceptors (Lipinski definition) is 4. The number of carbonyl (C=O) groups is 1. The van der Waals surface area contributed by atoms with Gasteiger partial charge in [-0.15, -0.1) is 11.8 Å². The van der Waals surface area contributed by atoms with Gasteiger partial charge < -0.3 is 4.74 Å². The van der Waals surface area contributed by atoms with Crippen molar-refractivity contribution in [2.45, 2.75) is 108 Å². The number of ether oxygens (including phenoxy) is 1. The average Bonchev–Trinajstić information content (AvgIpc) is 2.94. The SMILES string of the molecule is CCCCCCCCc1cccc(-c2ccc(OC(=O)c3ccc(S[C@@H](C)CCCCCC)cc3)cc2)n1. The number of esters is 1. The Morgan fingerprint density at radius 3 is 2.16 bits per heavy atom. The number of thioether (sulfide) groups is 1. The predicted molar refractivity (Wildman–Crippen MR) is 162 cm³/mol. The number of aryl methyl sites for hydroxylation is 1. The van der Waals surface area contributed by atoms with Crippen molar-refractivity contribution in [1.82, 2.24) is 4.98 Å². The van der Waals surface area contributed by atoms with Crippen molar-refractivity contribution in [3.63, 3.8) is 0 Å². The molecule has 3 aromatic rings. The fourth-order valence-electron chi connectivity index (χ4n) is 4.55. The summed E-state index contributed by atoms with van der Waals surface area (Å²) in [6.07, 6.45) is 15.2. The molecule has 0 bridgehead atoms. The molecule has 0 radical (unpaired) electrons. The Hall–Kier alpha value is -2.59. The van der Waals surface area contributed by atoms with Crippen molar-refractivity contribution in [2.24, 2.45) is 0 Å². The van der Waals surface area contributed by atoms with E-state index in [1.165, 1.54) is 75.5 Å². The van der Waals surface area contributed by atoms with E-state index < -0.39 is 0 Å². The molecule has 1 atom stereocenters. The molecule has 1 heterocycles. The molecule has 0 spiro atoms. The van der Waals surface area contributed by atoms with E-state index in [0.29, 0.717) is 16.6 Å². The maximum absolute atomic E-state index is 12.7. The van der Waals surface area contributed by atoms with Gasteiger partial charge in [-0.3, -0.25) is 4.98 Å². The van der Waals surface area contributed by atoms with E-state index in [9.17, 15) is 4.79 Å². The Labute approximate surface area is 234 Å². The van der Waals surface area contributed by atoms with Gasteiger partial charge in [0.25, 0.3) is 0 Å². The molecule has 0 aliphatic carbocycles. The molecule has 2 aromatic carbocycles. The third-order valence-corrected chi connectivity index (χ3v) is 8.03. The monoisotopic (exact) mass is 531 g/mol. The second kappa shape index (κ2) is 17.1. The number of carbonyl (C=O) groups excluding carboxylic acids is 1. The van der Waals surface area contributed by atoms with Crippen LogP contribution in [0.15, 0.2) is 71.6 Å². The molecule has 0 N–H and O–H groups in total. The van der Waals surface area contributed by atoms with E-state index in [1.54, 1.807) is 0 Å². The van der Waals surface area contributed by atoms with E-state index in [-0.39, 0.29) is 5.97 Å². The molecule has 0 amide bonds. The van der Waals surface area contributed by atoms with E-state index in [4.69, 9.17) is 9.72 Å². The summed E-state index contributed by atoms with van der Waals surface area (Å²) in [6.45, 7) is 6.78. The molecule has 0 unspecified atom stereocenters. The Bertz CT molecular complexity index is 1080. The minimum absolute atomic E-state index is 0.332. The predicted octanol–water partition coefficient (Wildman–Crippen LogP) is 10.3. The fourth-order valence-corrected chi connectivity index (χ4v) is 5.59. The average molecular weight is 532 g/mol. The first-order valence-electron chi connectivity index (χ1n) is 14.6. The summed E-state index contributed by atoms with van der Waals surface area (Å²) < 4.78 is 5.64. The summed E-state index contributed by atoms with van der Waals surface area (Å²) in [5, 5.41) is 0.578. The first-order valence-corrected chi connectivity index (χ1v) is 15.5. The van der Waals surface area contributed by atoms with Crippen LogP contribution in [0.4, 0.5) is 0 Å². The molecule has 3 rings (SSSR count). The van der Waals surface area contributed by atoms with Gasteiger partial charge in [-0.2, -0.15) is 0 Å². The van der Waals surface area contributed by atoms with Crippen LogP contribution >= 0.6 is 11.8 Å². The number of unbranched alkanes of at least 4 members (excludes halogenated alkanes) is 8. The number of nitrogens with zero attached hydrogens (tertiary/aromatic N) is 1. The number of benzene rings is 2. The summed E-state index contributed by atoms with van der Waals surface area (Å²) in [7, 11) is 0. The summed E-state index contributed by atoms with van der Waals surface area (Å²) in [4.78, 5) is 18.7. The molecule has 4 heteroatoms. The summed E-state index contributed by atoms with van der Waals surface area (Å²) >= 11 is 1.88. The van der Waals surface area contributed by atoms with Gasteiger partial charge in [0.2, 0.25) is 0 Å². The van der Waals surface area contributed by atoms with Crippen LogP contribution < -0.4 is 4.74 Å². The second-order valence-corrected chi connectivity index (χ2v) is 11.8. The van der Waals surface area contributed by atoms with Crippen molar-refractivity contribution in [3.05, 3.63) is 78.0 Å². The van der Waals surface area contributed by atoms with Crippen LogP contribution in [0.5, 0.6) is 5.75 Å². The third kappa shape index (κ3) is 10.6. The lowest BCUT2D eigenvalue weighted by atomic mass is 10.1. The molecule has 1 aromatic heterocycles. The number of pyridine rings is 1. The molecular formula is C34H45NO2S.